The Balaban J connectivity index is 1.73. The Morgan fingerprint density at radius 1 is 1.14 bits per heavy atom. The summed E-state index contributed by atoms with van der Waals surface area (Å²) in [4.78, 5) is 11.7. The number of carbonyl (C=O) groups is 1. The first kappa shape index (κ1) is 14.8. The Bertz CT molecular complexity index is 617. The van der Waals surface area contributed by atoms with Crippen molar-refractivity contribution in [3.63, 3.8) is 0 Å². The maximum absolute atomic E-state index is 13.3. The standard InChI is InChI=1S/C16H17FN2O2/c1-12-6-2-4-8-14(12)19-16(20)18-10-11-21-15-9-5-3-7-13(15)17/h2-9H,10-11H2,1H3,(H2,18,19,20). The van der Waals surface area contributed by atoms with Gasteiger partial charge in [0.25, 0.3) is 0 Å². The summed E-state index contributed by atoms with van der Waals surface area (Å²) in [7, 11) is 0. The van der Waals surface area contributed by atoms with Gasteiger partial charge in [0.1, 0.15) is 6.61 Å². The predicted octanol–water partition coefficient (Wildman–Crippen LogP) is 3.33. The van der Waals surface area contributed by atoms with Gasteiger partial charge in [-0.25, -0.2) is 9.18 Å². The van der Waals surface area contributed by atoms with Crippen LogP contribution in [-0.4, -0.2) is 19.2 Å². The molecule has 0 atom stereocenters. The van der Waals surface area contributed by atoms with Crippen LogP contribution in [-0.2, 0) is 0 Å². The molecule has 110 valence electrons. The summed E-state index contributed by atoms with van der Waals surface area (Å²) >= 11 is 0. The SMILES string of the molecule is Cc1ccccc1NC(=O)NCCOc1ccccc1F. The van der Waals surface area contributed by atoms with E-state index in [9.17, 15) is 9.18 Å². The van der Waals surface area contributed by atoms with Crippen LogP contribution < -0.4 is 15.4 Å². The van der Waals surface area contributed by atoms with Crippen molar-refractivity contribution in [1.82, 2.24) is 5.32 Å². The van der Waals surface area contributed by atoms with Crippen LogP contribution in [0.5, 0.6) is 5.75 Å². The first-order valence-electron chi connectivity index (χ1n) is 6.64. The molecule has 0 saturated heterocycles. The van der Waals surface area contributed by atoms with Crippen molar-refractivity contribution in [1.29, 1.82) is 0 Å². The monoisotopic (exact) mass is 288 g/mol. The minimum absolute atomic E-state index is 0.179. The van der Waals surface area contributed by atoms with E-state index in [1.54, 1.807) is 18.2 Å². The topological polar surface area (TPSA) is 50.4 Å². The summed E-state index contributed by atoms with van der Waals surface area (Å²) in [5.74, 6) is -0.236. The van der Waals surface area contributed by atoms with E-state index >= 15 is 0 Å². The van der Waals surface area contributed by atoms with Crippen molar-refractivity contribution in [2.24, 2.45) is 0 Å². The van der Waals surface area contributed by atoms with Gasteiger partial charge in [-0.3, -0.25) is 0 Å². The fraction of sp³-hybridized carbons (Fsp3) is 0.188. The molecule has 0 bridgehead atoms. The van der Waals surface area contributed by atoms with E-state index in [-0.39, 0.29) is 24.9 Å². The summed E-state index contributed by atoms with van der Waals surface area (Å²) < 4.78 is 18.5. The molecule has 2 N–H and O–H groups in total. The number of halogens is 1. The summed E-state index contributed by atoms with van der Waals surface area (Å²) in [6.07, 6.45) is 0. The number of amides is 2. The summed E-state index contributed by atoms with van der Waals surface area (Å²) in [5, 5.41) is 5.39. The second-order valence-electron chi connectivity index (χ2n) is 4.47. The normalized spacial score (nSPS) is 10.0. The number of para-hydroxylation sites is 2. The molecule has 21 heavy (non-hydrogen) atoms. The van der Waals surface area contributed by atoms with Crippen molar-refractivity contribution in [2.75, 3.05) is 18.5 Å². The fourth-order valence-electron chi connectivity index (χ4n) is 1.77. The third kappa shape index (κ3) is 4.49. The average Bonchev–Trinajstić information content (AvgIpc) is 2.48. The van der Waals surface area contributed by atoms with E-state index in [0.29, 0.717) is 0 Å². The molecule has 5 heteroatoms. The Kier molecular flexibility index (Phi) is 5.15. The molecule has 0 aliphatic rings. The number of carbonyl (C=O) groups excluding carboxylic acids is 1. The molecule has 0 aromatic heterocycles. The van der Waals surface area contributed by atoms with Gasteiger partial charge in [-0.1, -0.05) is 30.3 Å². The number of hydrogen-bond donors (Lipinski definition) is 2. The van der Waals surface area contributed by atoms with Gasteiger partial charge < -0.3 is 15.4 Å². The van der Waals surface area contributed by atoms with Gasteiger partial charge in [0.05, 0.1) is 6.54 Å². The number of anilines is 1. The van der Waals surface area contributed by atoms with Crippen LogP contribution in [0.1, 0.15) is 5.56 Å². The van der Waals surface area contributed by atoms with E-state index in [2.05, 4.69) is 10.6 Å². The number of aryl methyl sites for hydroxylation is 1. The molecule has 2 aromatic rings. The highest BCUT2D eigenvalue weighted by Gasteiger charge is 2.04. The van der Waals surface area contributed by atoms with Crippen molar-refractivity contribution < 1.29 is 13.9 Å². The first-order valence-corrected chi connectivity index (χ1v) is 6.64. The maximum Gasteiger partial charge on any atom is 0.319 e. The molecule has 0 radical (unpaired) electrons. The molecule has 0 fully saturated rings. The zero-order valence-corrected chi connectivity index (χ0v) is 11.7. The van der Waals surface area contributed by atoms with Gasteiger partial charge in [-0.15, -0.1) is 0 Å². The van der Waals surface area contributed by atoms with Gasteiger partial charge in [0, 0.05) is 5.69 Å². The molecule has 0 aliphatic carbocycles. The molecule has 0 heterocycles. The number of hydrogen-bond acceptors (Lipinski definition) is 2. The quantitative estimate of drug-likeness (QED) is 0.829. The van der Waals surface area contributed by atoms with Crippen molar-refractivity contribution in [2.45, 2.75) is 6.92 Å². The minimum atomic E-state index is -0.415. The van der Waals surface area contributed by atoms with Crippen LogP contribution >= 0.6 is 0 Å². The van der Waals surface area contributed by atoms with E-state index in [1.165, 1.54) is 6.07 Å². The lowest BCUT2D eigenvalue weighted by atomic mass is 10.2. The number of nitrogens with one attached hydrogen (secondary N) is 2. The lowest BCUT2D eigenvalue weighted by Gasteiger charge is -2.10. The van der Waals surface area contributed by atoms with Crippen molar-refractivity contribution in [3.8, 4) is 5.75 Å². The molecule has 4 nitrogen and oxygen atoms in total. The van der Waals surface area contributed by atoms with E-state index in [1.807, 2.05) is 31.2 Å². The van der Waals surface area contributed by atoms with E-state index < -0.39 is 5.82 Å². The van der Waals surface area contributed by atoms with Gasteiger partial charge in [0.2, 0.25) is 0 Å². The van der Waals surface area contributed by atoms with E-state index in [0.717, 1.165) is 11.3 Å². The zero-order chi connectivity index (χ0) is 15.1. The molecule has 0 unspecified atom stereocenters. The smallest absolute Gasteiger partial charge is 0.319 e. The number of urea groups is 1. The Labute approximate surface area is 122 Å². The number of ether oxygens (including phenoxy) is 1. The predicted molar refractivity (Wildman–Crippen MR) is 80.1 cm³/mol. The van der Waals surface area contributed by atoms with Crippen LogP contribution in [0.2, 0.25) is 0 Å². The average molecular weight is 288 g/mol. The molecule has 2 aromatic carbocycles. The van der Waals surface area contributed by atoms with Gasteiger partial charge in [-0.05, 0) is 30.7 Å². The van der Waals surface area contributed by atoms with Gasteiger partial charge >= 0.3 is 6.03 Å². The second-order valence-corrected chi connectivity index (χ2v) is 4.47. The van der Waals surface area contributed by atoms with Gasteiger partial charge in [0.15, 0.2) is 11.6 Å². The molecule has 2 amide bonds. The molecular weight excluding hydrogens is 271 g/mol. The lowest BCUT2D eigenvalue weighted by molar-refractivity contribution is 0.246. The van der Waals surface area contributed by atoms with Crippen LogP contribution in [0.15, 0.2) is 48.5 Å². The highest BCUT2D eigenvalue weighted by Crippen LogP contribution is 2.15. The number of rotatable bonds is 5. The first-order chi connectivity index (χ1) is 10.2. The highest BCUT2D eigenvalue weighted by molar-refractivity contribution is 5.89. The molecule has 0 saturated carbocycles. The van der Waals surface area contributed by atoms with Crippen LogP contribution in [0, 0.1) is 12.7 Å². The zero-order valence-electron chi connectivity index (χ0n) is 11.7. The molecule has 0 aliphatic heterocycles. The third-order valence-corrected chi connectivity index (χ3v) is 2.88. The van der Waals surface area contributed by atoms with Crippen LogP contribution in [0.4, 0.5) is 14.9 Å². The molecular formula is C16H17FN2O2. The van der Waals surface area contributed by atoms with E-state index in [4.69, 9.17) is 4.74 Å². The summed E-state index contributed by atoms with van der Waals surface area (Å²) in [6.45, 7) is 2.39. The minimum Gasteiger partial charge on any atom is -0.489 e. The third-order valence-electron chi connectivity index (χ3n) is 2.88. The number of benzene rings is 2. The van der Waals surface area contributed by atoms with Gasteiger partial charge in [-0.2, -0.15) is 0 Å². The Hall–Kier alpha value is -2.56. The fourth-order valence-corrected chi connectivity index (χ4v) is 1.77. The van der Waals surface area contributed by atoms with Crippen LogP contribution in [0.3, 0.4) is 0 Å². The van der Waals surface area contributed by atoms with Crippen LogP contribution in [0.25, 0.3) is 0 Å². The second kappa shape index (κ2) is 7.28. The molecule has 2 rings (SSSR count). The summed E-state index contributed by atoms with van der Waals surface area (Å²) in [6, 6.07) is 13.3. The maximum atomic E-state index is 13.3. The van der Waals surface area contributed by atoms with Crippen molar-refractivity contribution in [3.05, 3.63) is 59.9 Å². The Morgan fingerprint density at radius 2 is 1.86 bits per heavy atom. The summed E-state index contributed by atoms with van der Waals surface area (Å²) in [5.41, 5.74) is 1.74. The molecule has 0 spiro atoms. The largest absolute Gasteiger partial charge is 0.489 e. The highest BCUT2D eigenvalue weighted by atomic mass is 19.1. The Morgan fingerprint density at radius 3 is 2.62 bits per heavy atom. The lowest BCUT2D eigenvalue weighted by Crippen LogP contribution is -2.32. The van der Waals surface area contributed by atoms with Crippen molar-refractivity contribution >= 4 is 11.7 Å².